The standard InChI is InChI=1S/C19H21FN2O4/c1-25-16-6-7-17(26-2)13(11-16)8-9-21-18(23)12-22-19(24)14-4-3-5-15(20)10-14/h3-7,10-11H,8-9,12H2,1-2H3,(H,21,23)(H,22,24). The molecule has 138 valence electrons. The zero-order valence-corrected chi connectivity index (χ0v) is 14.7. The van der Waals surface area contributed by atoms with Crippen LogP contribution in [-0.4, -0.2) is 39.1 Å². The molecule has 0 atom stereocenters. The topological polar surface area (TPSA) is 76.7 Å². The minimum absolute atomic E-state index is 0.166. The summed E-state index contributed by atoms with van der Waals surface area (Å²) in [7, 11) is 3.15. The van der Waals surface area contributed by atoms with E-state index in [0.717, 1.165) is 11.6 Å². The van der Waals surface area contributed by atoms with Gasteiger partial charge in [0.25, 0.3) is 5.91 Å². The van der Waals surface area contributed by atoms with E-state index in [2.05, 4.69) is 10.6 Å². The van der Waals surface area contributed by atoms with Gasteiger partial charge in [-0.2, -0.15) is 0 Å². The maximum Gasteiger partial charge on any atom is 0.251 e. The van der Waals surface area contributed by atoms with Gasteiger partial charge in [-0.3, -0.25) is 9.59 Å². The summed E-state index contributed by atoms with van der Waals surface area (Å²) in [6, 6.07) is 10.7. The zero-order valence-electron chi connectivity index (χ0n) is 14.7. The van der Waals surface area contributed by atoms with Crippen molar-refractivity contribution >= 4 is 11.8 Å². The van der Waals surface area contributed by atoms with Crippen molar-refractivity contribution in [2.45, 2.75) is 6.42 Å². The molecule has 0 radical (unpaired) electrons. The maximum atomic E-state index is 13.1. The molecule has 0 aliphatic rings. The lowest BCUT2D eigenvalue weighted by Gasteiger charge is -2.11. The summed E-state index contributed by atoms with van der Waals surface area (Å²) in [5, 5.41) is 5.17. The van der Waals surface area contributed by atoms with Crippen LogP contribution in [0.5, 0.6) is 11.5 Å². The molecule has 6 nitrogen and oxygen atoms in total. The molecule has 7 heteroatoms. The summed E-state index contributed by atoms with van der Waals surface area (Å²) < 4.78 is 23.6. The molecule has 0 heterocycles. The smallest absolute Gasteiger partial charge is 0.251 e. The van der Waals surface area contributed by atoms with E-state index in [9.17, 15) is 14.0 Å². The molecular weight excluding hydrogens is 339 g/mol. The highest BCUT2D eigenvalue weighted by molar-refractivity contribution is 5.96. The number of benzene rings is 2. The van der Waals surface area contributed by atoms with Crippen LogP contribution in [0.1, 0.15) is 15.9 Å². The van der Waals surface area contributed by atoms with Crippen molar-refractivity contribution in [2.24, 2.45) is 0 Å². The number of rotatable bonds is 8. The molecule has 0 aliphatic carbocycles. The van der Waals surface area contributed by atoms with Gasteiger partial charge in [0.1, 0.15) is 17.3 Å². The SMILES string of the molecule is COc1ccc(OC)c(CCNC(=O)CNC(=O)c2cccc(F)c2)c1. The fourth-order valence-corrected chi connectivity index (χ4v) is 2.37. The predicted octanol–water partition coefficient (Wildman–Crippen LogP) is 1.93. The Hall–Kier alpha value is -3.09. The van der Waals surface area contributed by atoms with Gasteiger partial charge in [0, 0.05) is 12.1 Å². The molecule has 0 spiro atoms. The van der Waals surface area contributed by atoms with Gasteiger partial charge in [-0.1, -0.05) is 6.07 Å². The third-order valence-electron chi connectivity index (χ3n) is 3.70. The van der Waals surface area contributed by atoms with Gasteiger partial charge in [0.2, 0.25) is 5.91 Å². The van der Waals surface area contributed by atoms with Crippen LogP contribution in [0.4, 0.5) is 4.39 Å². The monoisotopic (exact) mass is 360 g/mol. The highest BCUT2D eigenvalue weighted by atomic mass is 19.1. The van der Waals surface area contributed by atoms with Gasteiger partial charge >= 0.3 is 0 Å². The Labute approximate surface area is 151 Å². The van der Waals surface area contributed by atoms with Crippen molar-refractivity contribution in [1.82, 2.24) is 10.6 Å². The first-order valence-electron chi connectivity index (χ1n) is 8.05. The first kappa shape index (κ1) is 19.2. The van der Waals surface area contributed by atoms with Crippen molar-refractivity contribution < 1.29 is 23.5 Å². The summed E-state index contributed by atoms with van der Waals surface area (Å²) in [5.41, 5.74) is 1.06. The van der Waals surface area contributed by atoms with Gasteiger partial charge < -0.3 is 20.1 Å². The number of hydrogen-bond acceptors (Lipinski definition) is 4. The van der Waals surface area contributed by atoms with E-state index in [-0.39, 0.29) is 18.0 Å². The Morgan fingerprint density at radius 3 is 2.54 bits per heavy atom. The molecule has 0 fully saturated rings. The van der Waals surface area contributed by atoms with Crippen molar-refractivity contribution in [3.63, 3.8) is 0 Å². The van der Waals surface area contributed by atoms with Crippen LogP contribution in [0.15, 0.2) is 42.5 Å². The largest absolute Gasteiger partial charge is 0.497 e. The Balaban J connectivity index is 1.79. The van der Waals surface area contributed by atoms with Gasteiger partial charge in [0.15, 0.2) is 0 Å². The zero-order chi connectivity index (χ0) is 18.9. The minimum Gasteiger partial charge on any atom is -0.497 e. The number of hydrogen-bond donors (Lipinski definition) is 2. The molecule has 2 rings (SSSR count). The van der Waals surface area contributed by atoms with Crippen LogP contribution in [0.3, 0.4) is 0 Å². The summed E-state index contributed by atoms with van der Waals surface area (Å²) in [6.07, 6.45) is 0.546. The van der Waals surface area contributed by atoms with E-state index < -0.39 is 11.7 Å². The molecular formula is C19H21FN2O4. The Kier molecular flexibility index (Phi) is 6.96. The fourth-order valence-electron chi connectivity index (χ4n) is 2.37. The van der Waals surface area contributed by atoms with Crippen molar-refractivity contribution in [3.8, 4) is 11.5 Å². The minimum atomic E-state index is -0.505. The number of amides is 2. The number of nitrogens with one attached hydrogen (secondary N) is 2. The third-order valence-corrected chi connectivity index (χ3v) is 3.70. The van der Waals surface area contributed by atoms with Crippen LogP contribution >= 0.6 is 0 Å². The Morgan fingerprint density at radius 1 is 1.04 bits per heavy atom. The molecule has 0 aromatic heterocycles. The second-order valence-corrected chi connectivity index (χ2v) is 5.47. The highest BCUT2D eigenvalue weighted by Gasteiger charge is 2.09. The summed E-state index contributed by atoms with van der Waals surface area (Å²) >= 11 is 0. The molecule has 0 aliphatic heterocycles. The number of methoxy groups -OCH3 is 2. The van der Waals surface area contributed by atoms with Gasteiger partial charge in [-0.05, 0) is 48.4 Å². The Morgan fingerprint density at radius 2 is 1.85 bits per heavy atom. The van der Waals surface area contributed by atoms with E-state index in [4.69, 9.17) is 9.47 Å². The molecule has 0 saturated carbocycles. The van der Waals surface area contributed by atoms with Crippen LogP contribution < -0.4 is 20.1 Å². The summed E-state index contributed by atoms with van der Waals surface area (Å²) in [4.78, 5) is 23.7. The lowest BCUT2D eigenvalue weighted by atomic mass is 10.1. The molecule has 0 saturated heterocycles. The Bertz CT molecular complexity index is 780. The van der Waals surface area contributed by atoms with Gasteiger partial charge in [-0.25, -0.2) is 4.39 Å². The van der Waals surface area contributed by atoms with E-state index in [1.54, 1.807) is 26.4 Å². The van der Waals surface area contributed by atoms with E-state index in [0.29, 0.717) is 24.5 Å². The van der Waals surface area contributed by atoms with E-state index in [1.165, 1.54) is 18.2 Å². The normalized spacial score (nSPS) is 10.1. The molecule has 0 bridgehead atoms. The van der Waals surface area contributed by atoms with Crippen molar-refractivity contribution in [2.75, 3.05) is 27.3 Å². The second kappa shape index (κ2) is 9.41. The second-order valence-electron chi connectivity index (χ2n) is 5.47. The van der Waals surface area contributed by atoms with Crippen LogP contribution in [0, 0.1) is 5.82 Å². The van der Waals surface area contributed by atoms with Crippen LogP contribution in [0.25, 0.3) is 0 Å². The maximum absolute atomic E-state index is 13.1. The number of carbonyl (C=O) groups excluding carboxylic acids is 2. The van der Waals surface area contributed by atoms with Crippen LogP contribution in [-0.2, 0) is 11.2 Å². The molecule has 2 aromatic rings. The molecule has 26 heavy (non-hydrogen) atoms. The fraction of sp³-hybridized carbons (Fsp3) is 0.263. The molecule has 2 N–H and O–H groups in total. The highest BCUT2D eigenvalue weighted by Crippen LogP contribution is 2.24. The molecule has 2 amide bonds. The average molecular weight is 360 g/mol. The summed E-state index contributed by atoms with van der Waals surface area (Å²) in [5.74, 6) is 0.0639. The average Bonchev–Trinajstić information content (AvgIpc) is 2.66. The molecule has 0 unspecified atom stereocenters. The lowest BCUT2D eigenvalue weighted by Crippen LogP contribution is -2.37. The number of ether oxygens (including phenoxy) is 2. The van der Waals surface area contributed by atoms with Gasteiger partial charge in [0.05, 0.1) is 20.8 Å². The first-order chi connectivity index (χ1) is 12.5. The summed E-state index contributed by atoms with van der Waals surface area (Å²) in [6.45, 7) is 0.183. The van der Waals surface area contributed by atoms with Crippen molar-refractivity contribution in [3.05, 3.63) is 59.4 Å². The van der Waals surface area contributed by atoms with E-state index >= 15 is 0 Å². The molecule has 2 aromatic carbocycles. The lowest BCUT2D eigenvalue weighted by molar-refractivity contribution is -0.120. The van der Waals surface area contributed by atoms with E-state index in [1.807, 2.05) is 6.07 Å². The van der Waals surface area contributed by atoms with Gasteiger partial charge in [-0.15, -0.1) is 0 Å². The van der Waals surface area contributed by atoms with Crippen molar-refractivity contribution in [1.29, 1.82) is 0 Å². The first-order valence-corrected chi connectivity index (χ1v) is 8.05. The number of halogens is 1. The quantitative estimate of drug-likeness (QED) is 0.754. The number of carbonyl (C=O) groups is 2. The van der Waals surface area contributed by atoms with Crippen LogP contribution in [0.2, 0.25) is 0 Å². The third kappa shape index (κ3) is 5.47. The predicted molar refractivity (Wildman–Crippen MR) is 95.0 cm³/mol.